The van der Waals surface area contributed by atoms with Gasteiger partial charge in [-0.25, -0.2) is 18.7 Å². The lowest BCUT2D eigenvalue weighted by Crippen LogP contribution is -2.15. The number of hydrogen-bond donors (Lipinski definition) is 1. The summed E-state index contributed by atoms with van der Waals surface area (Å²) >= 11 is 6.30. The normalized spacial score (nSPS) is 12.5. The van der Waals surface area contributed by atoms with E-state index in [1.54, 1.807) is 0 Å². The second-order valence-corrected chi connectivity index (χ2v) is 7.45. The lowest BCUT2D eigenvalue weighted by Gasteiger charge is -2.20. The molecule has 0 saturated carbocycles. The summed E-state index contributed by atoms with van der Waals surface area (Å²) in [5, 5.41) is 3.52. The summed E-state index contributed by atoms with van der Waals surface area (Å²) in [5.74, 6) is -11.3. The number of aromatic nitrogens is 2. The zero-order chi connectivity index (χ0) is 25.2. The van der Waals surface area contributed by atoms with Crippen LogP contribution >= 0.6 is 11.6 Å². The average Bonchev–Trinajstić information content (AvgIpc) is 2.79. The first kappa shape index (κ1) is 25.5. The Morgan fingerprint density at radius 3 is 2.03 bits per heavy atom. The third-order valence-corrected chi connectivity index (χ3v) is 5.32. The molecule has 34 heavy (non-hydrogen) atoms. The topological polar surface area (TPSA) is 47.0 Å². The minimum atomic E-state index is -5.64. The number of nitrogens with one attached hydrogen (secondary N) is 1. The fourth-order valence-electron chi connectivity index (χ4n) is 3.18. The molecule has 182 valence electrons. The Bertz CT molecular complexity index is 1160. The molecule has 0 aliphatic rings. The van der Waals surface area contributed by atoms with E-state index >= 15 is 0 Å². The smallest absolute Gasteiger partial charge is 0.422 e. The van der Waals surface area contributed by atoms with E-state index in [1.165, 1.54) is 30.6 Å². The van der Waals surface area contributed by atoms with Crippen molar-refractivity contribution < 1.29 is 35.5 Å². The molecule has 3 aromatic rings. The van der Waals surface area contributed by atoms with Gasteiger partial charge in [0, 0.05) is 0 Å². The van der Waals surface area contributed by atoms with Gasteiger partial charge in [0.2, 0.25) is 17.4 Å². The fraction of sp³-hybridized carbons (Fsp3) is 0.273. The molecule has 12 heteroatoms. The fourth-order valence-corrected chi connectivity index (χ4v) is 3.46. The van der Waals surface area contributed by atoms with Crippen LogP contribution in [-0.2, 0) is 12.6 Å². The van der Waals surface area contributed by atoms with E-state index < -0.39 is 40.8 Å². The van der Waals surface area contributed by atoms with Crippen molar-refractivity contribution in [2.24, 2.45) is 0 Å². The van der Waals surface area contributed by atoms with Crippen LogP contribution in [0.3, 0.4) is 0 Å². The molecule has 2 aromatic carbocycles. The van der Waals surface area contributed by atoms with Gasteiger partial charge >= 0.3 is 6.18 Å². The number of ether oxygens (including phenoxy) is 1. The number of aryl methyl sites for hydroxylation is 1. The Hall–Kier alpha value is -3.08. The summed E-state index contributed by atoms with van der Waals surface area (Å²) in [6.45, 7) is 3.75. The van der Waals surface area contributed by atoms with Crippen LogP contribution in [0.4, 0.5) is 36.6 Å². The molecular formula is C22H17ClF7N3O. The van der Waals surface area contributed by atoms with E-state index in [2.05, 4.69) is 15.3 Å². The number of rotatable bonds is 7. The number of alkyl halides is 3. The summed E-state index contributed by atoms with van der Waals surface area (Å²) in [6.07, 6.45) is -3.11. The first-order chi connectivity index (χ1) is 16.0. The third kappa shape index (κ3) is 5.03. The van der Waals surface area contributed by atoms with Crippen LogP contribution in [0.5, 0.6) is 11.5 Å². The standard InChI is InChI=1S/C22H17ClF7N3O/c1-3-12(33-21-15(23)13(4-2)31-9-32-21)10-5-7-11(8-6-10)34-20-18(26)16(24)14(22(28,29)30)17(25)19(20)27/h5-9,12H,3-4H2,1-2H3,(H,31,32,33). The molecule has 0 fully saturated rings. The Morgan fingerprint density at radius 2 is 1.53 bits per heavy atom. The summed E-state index contributed by atoms with van der Waals surface area (Å²) < 4.78 is 98.8. The molecule has 1 N–H and O–H groups in total. The zero-order valence-electron chi connectivity index (χ0n) is 17.7. The van der Waals surface area contributed by atoms with Crippen molar-refractivity contribution in [2.75, 3.05) is 5.32 Å². The molecule has 0 aliphatic heterocycles. The number of anilines is 1. The van der Waals surface area contributed by atoms with Crippen LogP contribution in [0.15, 0.2) is 30.6 Å². The zero-order valence-corrected chi connectivity index (χ0v) is 18.5. The largest absolute Gasteiger partial charge is 0.451 e. The second-order valence-electron chi connectivity index (χ2n) is 7.07. The number of halogens is 8. The van der Waals surface area contributed by atoms with Crippen molar-refractivity contribution in [3.05, 3.63) is 75.7 Å². The lowest BCUT2D eigenvalue weighted by molar-refractivity contribution is -0.143. The maximum Gasteiger partial charge on any atom is 0.422 e. The monoisotopic (exact) mass is 507 g/mol. The van der Waals surface area contributed by atoms with Crippen molar-refractivity contribution >= 4 is 17.4 Å². The van der Waals surface area contributed by atoms with Crippen LogP contribution in [0, 0.1) is 23.3 Å². The highest BCUT2D eigenvalue weighted by Gasteiger charge is 2.43. The lowest BCUT2D eigenvalue weighted by atomic mass is 10.0. The molecular weight excluding hydrogens is 491 g/mol. The maximum atomic E-state index is 14.1. The molecule has 0 radical (unpaired) electrons. The van der Waals surface area contributed by atoms with Gasteiger partial charge in [0.1, 0.15) is 28.5 Å². The number of benzene rings is 2. The van der Waals surface area contributed by atoms with E-state index in [0.717, 1.165) is 0 Å². The van der Waals surface area contributed by atoms with Crippen LogP contribution in [0.1, 0.15) is 43.1 Å². The Morgan fingerprint density at radius 1 is 0.941 bits per heavy atom. The van der Waals surface area contributed by atoms with E-state index in [1.807, 2.05) is 13.8 Å². The Labute approximate surface area is 194 Å². The predicted molar refractivity (Wildman–Crippen MR) is 111 cm³/mol. The second kappa shape index (κ2) is 10.0. The van der Waals surface area contributed by atoms with Crippen LogP contribution < -0.4 is 10.1 Å². The van der Waals surface area contributed by atoms with E-state index in [4.69, 9.17) is 16.3 Å². The van der Waals surface area contributed by atoms with Gasteiger partial charge in [-0.2, -0.15) is 22.0 Å². The summed E-state index contributed by atoms with van der Waals surface area (Å²) in [6, 6.07) is 5.18. The minimum Gasteiger partial charge on any atom is -0.451 e. The molecule has 3 rings (SSSR count). The van der Waals surface area contributed by atoms with Gasteiger partial charge in [-0.3, -0.25) is 0 Å². The molecule has 1 unspecified atom stereocenters. The Kier molecular flexibility index (Phi) is 7.54. The summed E-state index contributed by atoms with van der Waals surface area (Å²) in [4.78, 5) is 8.20. The molecule has 1 heterocycles. The van der Waals surface area contributed by atoms with Gasteiger partial charge in [-0.05, 0) is 30.5 Å². The van der Waals surface area contributed by atoms with Crippen LogP contribution in [-0.4, -0.2) is 9.97 Å². The predicted octanol–water partition coefficient (Wildman–Crippen LogP) is 7.62. The first-order valence-corrected chi connectivity index (χ1v) is 10.3. The molecule has 0 saturated heterocycles. The van der Waals surface area contributed by atoms with Gasteiger partial charge in [0.05, 0.1) is 11.7 Å². The van der Waals surface area contributed by atoms with E-state index in [9.17, 15) is 30.7 Å². The SMILES string of the molecule is CCc1ncnc(NC(CC)c2ccc(Oc3c(F)c(F)c(C(F)(F)F)c(F)c3F)cc2)c1Cl. The van der Waals surface area contributed by atoms with Crippen LogP contribution in [0.25, 0.3) is 0 Å². The van der Waals surface area contributed by atoms with Crippen molar-refractivity contribution in [1.29, 1.82) is 0 Å². The molecule has 1 aromatic heterocycles. The van der Waals surface area contributed by atoms with E-state index in [0.29, 0.717) is 34.9 Å². The molecule has 0 bridgehead atoms. The molecule has 4 nitrogen and oxygen atoms in total. The number of hydrogen-bond acceptors (Lipinski definition) is 4. The van der Waals surface area contributed by atoms with Crippen molar-refractivity contribution in [3.63, 3.8) is 0 Å². The molecule has 0 amide bonds. The summed E-state index contributed by atoms with van der Waals surface area (Å²) in [5.41, 5.74) is -1.34. The Balaban J connectivity index is 1.86. The highest BCUT2D eigenvalue weighted by molar-refractivity contribution is 6.33. The number of nitrogens with zero attached hydrogens (tertiary/aromatic N) is 2. The van der Waals surface area contributed by atoms with Gasteiger partial charge < -0.3 is 10.1 Å². The van der Waals surface area contributed by atoms with Gasteiger partial charge in [-0.1, -0.05) is 37.6 Å². The minimum absolute atomic E-state index is 0.261. The van der Waals surface area contributed by atoms with E-state index in [-0.39, 0.29) is 11.8 Å². The quantitative estimate of drug-likeness (QED) is 0.264. The third-order valence-electron chi connectivity index (χ3n) is 4.92. The highest BCUT2D eigenvalue weighted by Crippen LogP contribution is 2.40. The highest BCUT2D eigenvalue weighted by atomic mass is 35.5. The van der Waals surface area contributed by atoms with Gasteiger partial charge in [0.15, 0.2) is 11.6 Å². The molecule has 1 atom stereocenters. The van der Waals surface area contributed by atoms with Crippen LogP contribution in [0.2, 0.25) is 5.02 Å². The molecule has 0 aliphatic carbocycles. The summed E-state index contributed by atoms with van der Waals surface area (Å²) in [7, 11) is 0. The van der Waals surface area contributed by atoms with Crippen molar-refractivity contribution in [1.82, 2.24) is 9.97 Å². The van der Waals surface area contributed by atoms with Crippen molar-refractivity contribution in [3.8, 4) is 11.5 Å². The first-order valence-electron chi connectivity index (χ1n) is 9.96. The average molecular weight is 508 g/mol. The maximum absolute atomic E-state index is 14.1. The van der Waals surface area contributed by atoms with Gasteiger partial charge in [-0.15, -0.1) is 0 Å². The molecule has 0 spiro atoms. The van der Waals surface area contributed by atoms with Crippen molar-refractivity contribution in [2.45, 2.75) is 38.9 Å². The van der Waals surface area contributed by atoms with Gasteiger partial charge in [0.25, 0.3) is 0 Å².